The minimum atomic E-state index is 0.363. The molecular formula is C20H24N6O. The molecular weight excluding hydrogens is 340 g/mol. The second kappa shape index (κ2) is 8.26. The zero-order chi connectivity index (χ0) is 18.5. The summed E-state index contributed by atoms with van der Waals surface area (Å²) in [6.07, 6.45) is 3.75. The number of hydrogen-bond acceptors (Lipinski definition) is 6. The highest BCUT2D eigenvalue weighted by Gasteiger charge is 2.20. The van der Waals surface area contributed by atoms with E-state index in [4.69, 9.17) is 4.74 Å². The van der Waals surface area contributed by atoms with Crippen molar-refractivity contribution in [3.8, 4) is 0 Å². The van der Waals surface area contributed by atoms with Crippen LogP contribution >= 0.6 is 0 Å². The van der Waals surface area contributed by atoms with Crippen LogP contribution in [-0.4, -0.2) is 37.9 Å². The van der Waals surface area contributed by atoms with E-state index in [1.807, 2.05) is 19.1 Å². The van der Waals surface area contributed by atoms with E-state index in [-0.39, 0.29) is 0 Å². The van der Waals surface area contributed by atoms with Crippen molar-refractivity contribution in [2.75, 3.05) is 18.5 Å². The van der Waals surface area contributed by atoms with E-state index in [0.717, 1.165) is 55.8 Å². The van der Waals surface area contributed by atoms with Crippen LogP contribution < -0.4 is 5.32 Å². The van der Waals surface area contributed by atoms with Crippen LogP contribution in [0.4, 0.5) is 5.82 Å². The van der Waals surface area contributed by atoms with Crippen molar-refractivity contribution in [2.45, 2.75) is 38.8 Å². The molecule has 2 aromatic heterocycles. The van der Waals surface area contributed by atoms with Gasteiger partial charge in [0.05, 0.1) is 18.8 Å². The third-order valence-corrected chi connectivity index (χ3v) is 4.81. The SMILES string of the molecule is Cc1nc(NCc2nncn2CCc2ccccc2)cc([C@H]2CCOC2)n1. The maximum Gasteiger partial charge on any atom is 0.152 e. The van der Waals surface area contributed by atoms with E-state index >= 15 is 0 Å². The highest BCUT2D eigenvalue weighted by Crippen LogP contribution is 2.25. The molecule has 0 radical (unpaired) electrons. The molecule has 1 aliphatic rings. The molecule has 0 saturated carbocycles. The normalized spacial score (nSPS) is 16.6. The third kappa shape index (κ3) is 4.49. The van der Waals surface area contributed by atoms with Gasteiger partial charge >= 0.3 is 0 Å². The molecule has 7 nitrogen and oxygen atoms in total. The van der Waals surface area contributed by atoms with Crippen LogP contribution in [0.2, 0.25) is 0 Å². The number of aromatic nitrogens is 5. The Balaban J connectivity index is 1.40. The summed E-state index contributed by atoms with van der Waals surface area (Å²) in [7, 11) is 0. The molecule has 4 rings (SSSR count). The lowest BCUT2D eigenvalue weighted by Crippen LogP contribution is -2.12. The fourth-order valence-electron chi connectivity index (χ4n) is 3.32. The number of nitrogens with one attached hydrogen (secondary N) is 1. The number of ether oxygens (including phenoxy) is 1. The van der Waals surface area contributed by atoms with Gasteiger partial charge in [0.15, 0.2) is 5.82 Å². The van der Waals surface area contributed by atoms with Crippen molar-refractivity contribution >= 4 is 5.82 Å². The fourth-order valence-corrected chi connectivity index (χ4v) is 3.32. The molecule has 0 amide bonds. The quantitative estimate of drug-likeness (QED) is 0.695. The number of benzene rings is 1. The average molecular weight is 364 g/mol. The Bertz CT molecular complexity index is 873. The fraction of sp³-hybridized carbons (Fsp3) is 0.400. The standard InChI is InChI=1S/C20H24N6O/c1-15-23-18(17-8-10-27-13-17)11-19(24-15)21-12-20-25-22-14-26(20)9-7-16-5-3-2-4-6-16/h2-6,11,14,17H,7-10,12-13H2,1H3,(H,21,23,24)/t17-/m0/s1. The van der Waals surface area contributed by atoms with Crippen molar-refractivity contribution in [3.05, 3.63) is 65.6 Å². The van der Waals surface area contributed by atoms with Crippen molar-refractivity contribution < 1.29 is 4.74 Å². The highest BCUT2D eigenvalue weighted by molar-refractivity contribution is 5.37. The first-order chi connectivity index (χ1) is 13.3. The lowest BCUT2D eigenvalue weighted by atomic mass is 10.0. The highest BCUT2D eigenvalue weighted by atomic mass is 16.5. The molecule has 1 atom stereocenters. The zero-order valence-corrected chi connectivity index (χ0v) is 15.5. The van der Waals surface area contributed by atoms with Crippen LogP contribution in [-0.2, 0) is 24.2 Å². The van der Waals surface area contributed by atoms with Crippen molar-refractivity contribution in [2.24, 2.45) is 0 Å². The van der Waals surface area contributed by atoms with E-state index in [1.165, 1.54) is 5.56 Å². The van der Waals surface area contributed by atoms with Crippen molar-refractivity contribution in [3.63, 3.8) is 0 Å². The lowest BCUT2D eigenvalue weighted by Gasteiger charge is -2.12. The topological polar surface area (TPSA) is 77.8 Å². The second-order valence-electron chi connectivity index (χ2n) is 6.82. The Morgan fingerprint density at radius 3 is 2.93 bits per heavy atom. The van der Waals surface area contributed by atoms with E-state index in [9.17, 15) is 0 Å². The van der Waals surface area contributed by atoms with Gasteiger partial charge in [-0.1, -0.05) is 30.3 Å². The number of rotatable bonds is 7. The number of hydrogen-bond donors (Lipinski definition) is 1. The summed E-state index contributed by atoms with van der Waals surface area (Å²) in [5.41, 5.74) is 2.35. The van der Waals surface area contributed by atoms with Gasteiger partial charge < -0.3 is 14.6 Å². The molecule has 0 unspecified atom stereocenters. The van der Waals surface area contributed by atoms with E-state index in [2.05, 4.69) is 54.3 Å². The first-order valence-electron chi connectivity index (χ1n) is 9.36. The van der Waals surface area contributed by atoms with Crippen LogP contribution in [0.5, 0.6) is 0 Å². The summed E-state index contributed by atoms with van der Waals surface area (Å²) < 4.78 is 7.57. The van der Waals surface area contributed by atoms with Crippen LogP contribution in [0, 0.1) is 6.92 Å². The van der Waals surface area contributed by atoms with Gasteiger partial charge in [-0.2, -0.15) is 0 Å². The Hall–Kier alpha value is -2.80. The van der Waals surface area contributed by atoms with Crippen molar-refractivity contribution in [1.82, 2.24) is 24.7 Å². The first kappa shape index (κ1) is 17.6. The van der Waals surface area contributed by atoms with Gasteiger partial charge in [0.2, 0.25) is 0 Å². The lowest BCUT2D eigenvalue weighted by molar-refractivity contribution is 0.193. The van der Waals surface area contributed by atoms with Gasteiger partial charge in [-0.15, -0.1) is 10.2 Å². The second-order valence-corrected chi connectivity index (χ2v) is 6.82. The van der Waals surface area contributed by atoms with Gasteiger partial charge in [-0.05, 0) is 25.3 Å². The van der Waals surface area contributed by atoms with Gasteiger partial charge in [0.25, 0.3) is 0 Å². The van der Waals surface area contributed by atoms with Crippen LogP contribution in [0.25, 0.3) is 0 Å². The molecule has 1 N–H and O–H groups in total. The van der Waals surface area contributed by atoms with Gasteiger partial charge in [0, 0.05) is 25.1 Å². The third-order valence-electron chi connectivity index (χ3n) is 4.81. The van der Waals surface area contributed by atoms with Crippen LogP contribution in [0.15, 0.2) is 42.7 Å². The van der Waals surface area contributed by atoms with Crippen LogP contribution in [0.1, 0.15) is 35.2 Å². The summed E-state index contributed by atoms with van der Waals surface area (Å²) in [5.74, 6) is 2.85. The van der Waals surface area contributed by atoms with E-state index in [0.29, 0.717) is 12.5 Å². The maximum atomic E-state index is 5.49. The number of anilines is 1. The van der Waals surface area contributed by atoms with Crippen LogP contribution in [0.3, 0.4) is 0 Å². The Morgan fingerprint density at radius 2 is 2.11 bits per heavy atom. The predicted octanol–water partition coefficient (Wildman–Crippen LogP) is 2.74. The number of aryl methyl sites for hydroxylation is 3. The summed E-state index contributed by atoms with van der Waals surface area (Å²) in [6, 6.07) is 12.5. The molecule has 3 heterocycles. The molecule has 1 aliphatic heterocycles. The van der Waals surface area contributed by atoms with Gasteiger partial charge in [-0.25, -0.2) is 9.97 Å². The van der Waals surface area contributed by atoms with E-state index < -0.39 is 0 Å². The maximum absolute atomic E-state index is 5.49. The Kier molecular flexibility index (Phi) is 5.39. The molecule has 3 aromatic rings. The molecule has 1 saturated heterocycles. The minimum absolute atomic E-state index is 0.363. The molecule has 1 fully saturated rings. The largest absolute Gasteiger partial charge is 0.381 e. The molecule has 7 heteroatoms. The minimum Gasteiger partial charge on any atom is -0.381 e. The molecule has 27 heavy (non-hydrogen) atoms. The average Bonchev–Trinajstić information content (AvgIpc) is 3.37. The van der Waals surface area contributed by atoms with E-state index in [1.54, 1.807) is 6.33 Å². The number of nitrogens with zero attached hydrogens (tertiary/aromatic N) is 5. The molecule has 140 valence electrons. The monoisotopic (exact) mass is 364 g/mol. The smallest absolute Gasteiger partial charge is 0.152 e. The van der Waals surface area contributed by atoms with Gasteiger partial charge in [-0.3, -0.25) is 0 Å². The zero-order valence-electron chi connectivity index (χ0n) is 15.5. The molecule has 0 spiro atoms. The summed E-state index contributed by atoms with van der Waals surface area (Å²) in [6.45, 7) is 4.89. The Morgan fingerprint density at radius 1 is 1.22 bits per heavy atom. The van der Waals surface area contributed by atoms with Gasteiger partial charge in [0.1, 0.15) is 18.0 Å². The van der Waals surface area contributed by atoms with Crippen molar-refractivity contribution in [1.29, 1.82) is 0 Å². The molecule has 0 bridgehead atoms. The first-order valence-corrected chi connectivity index (χ1v) is 9.36. The summed E-state index contributed by atoms with van der Waals surface area (Å²) >= 11 is 0. The predicted molar refractivity (Wildman–Crippen MR) is 102 cm³/mol. The summed E-state index contributed by atoms with van der Waals surface area (Å²) in [5, 5.41) is 11.7. The molecule has 0 aliphatic carbocycles. The summed E-state index contributed by atoms with van der Waals surface area (Å²) in [4.78, 5) is 9.08. The Labute approximate surface area is 158 Å². The molecule has 1 aromatic carbocycles.